The summed E-state index contributed by atoms with van der Waals surface area (Å²) in [6.45, 7) is 4.34. The fourth-order valence-corrected chi connectivity index (χ4v) is 6.49. The highest BCUT2D eigenvalue weighted by atomic mass is 35.5. The predicted octanol–water partition coefficient (Wildman–Crippen LogP) is 3.94. The van der Waals surface area contributed by atoms with Gasteiger partial charge in [0, 0.05) is 31.9 Å². The zero-order valence-electron chi connectivity index (χ0n) is 20.4. The molecule has 2 fully saturated rings. The van der Waals surface area contributed by atoms with Crippen LogP contribution in [-0.4, -0.2) is 62.2 Å². The van der Waals surface area contributed by atoms with Crippen LogP contribution in [0.2, 0.25) is 5.02 Å². The maximum Gasteiger partial charge on any atom is 0.243 e. The molecule has 2 aromatic rings. The standard InChI is InChI=1S/C26H32ClN3O5S/c1-2-35-24-12-11-22(17-23(24)27)36(33,34)30-15-5-6-20(18-30)26(32)28-21-9-7-19(8-10-21)16-25(31)29-13-3-4-14-29/h7-12,17,20H,2-6,13-16,18H2,1H3,(H,28,32)/t20-/m0/s1. The molecule has 8 nitrogen and oxygen atoms in total. The lowest BCUT2D eigenvalue weighted by atomic mass is 9.98. The molecule has 2 aliphatic rings. The summed E-state index contributed by atoms with van der Waals surface area (Å²) in [5.74, 6) is -0.134. The summed E-state index contributed by atoms with van der Waals surface area (Å²) in [5, 5.41) is 3.13. The first kappa shape index (κ1) is 26.4. The van der Waals surface area contributed by atoms with Gasteiger partial charge in [0.15, 0.2) is 0 Å². The average molecular weight is 534 g/mol. The molecule has 0 saturated carbocycles. The maximum atomic E-state index is 13.2. The average Bonchev–Trinajstić information content (AvgIpc) is 3.42. The number of ether oxygens (including phenoxy) is 1. The highest BCUT2D eigenvalue weighted by molar-refractivity contribution is 7.89. The number of hydrogen-bond donors (Lipinski definition) is 1. The van der Waals surface area contributed by atoms with Gasteiger partial charge in [-0.1, -0.05) is 23.7 Å². The van der Waals surface area contributed by atoms with Gasteiger partial charge < -0.3 is 15.0 Å². The third-order valence-electron chi connectivity index (χ3n) is 6.63. The Morgan fingerprint density at radius 3 is 2.44 bits per heavy atom. The first-order valence-electron chi connectivity index (χ1n) is 12.4. The molecule has 194 valence electrons. The quantitative estimate of drug-likeness (QED) is 0.554. The molecular formula is C26H32ClN3O5S. The molecule has 2 aliphatic heterocycles. The van der Waals surface area contributed by atoms with E-state index in [0.717, 1.165) is 31.5 Å². The number of sulfonamides is 1. The van der Waals surface area contributed by atoms with E-state index >= 15 is 0 Å². The van der Waals surface area contributed by atoms with Gasteiger partial charge in [-0.2, -0.15) is 4.31 Å². The molecule has 10 heteroatoms. The molecule has 0 aliphatic carbocycles. The lowest BCUT2D eigenvalue weighted by Gasteiger charge is -2.31. The summed E-state index contributed by atoms with van der Waals surface area (Å²) in [6, 6.07) is 11.7. The van der Waals surface area contributed by atoms with Gasteiger partial charge in [-0.05, 0) is 68.5 Å². The van der Waals surface area contributed by atoms with Crippen LogP contribution in [0.5, 0.6) is 5.75 Å². The monoisotopic (exact) mass is 533 g/mol. The Morgan fingerprint density at radius 2 is 1.78 bits per heavy atom. The molecule has 2 saturated heterocycles. The Balaban J connectivity index is 1.36. The van der Waals surface area contributed by atoms with Gasteiger partial charge in [0.25, 0.3) is 0 Å². The van der Waals surface area contributed by atoms with Crippen molar-refractivity contribution in [1.82, 2.24) is 9.21 Å². The first-order chi connectivity index (χ1) is 17.3. The van der Waals surface area contributed by atoms with Crippen molar-refractivity contribution in [1.29, 1.82) is 0 Å². The molecule has 0 spiro atoms. The fourth-order valence-electron chi connectivity index (χ4n) is 4.64. The number of rotatable bonds is 8. The van der Waals surface area contributed by atoms with Crippen LogP contribution >= 0.6 is 11.6 Å². The normalized spacial score (nSPS) is 18.7. The minimum Gasteiger partial charge on any atom is -0.492 e. The van der Waals surface area contributed by atoms with Gasteiger partial charge in [-0.25, -0.2) is 8.42 Å². The summed E-state index contributed by atoms with van der Waals surface area (Å²) >= 11 is 6.20. The van der Waals surface area contributed by atoms with Crippen molar-refractivity contribution in [2.45, 2.75) is 43.9 Å². The largest absolute Gasteiger partial charge is 0.492 e. The summed E-state index contributed by atoms with van der Waals surface area (Å²) in [5.41, 5.74) is 1.52. The van der Waals surface area contributed by atoms with Crippen molar-refractivity contribution in [3.05, 3.63) is 53.1 Å². The van der Waals surface area contributed by atoms with Crippen LogP contribution in [0.1, 0.15) is 38.2 Å². The van der Waals surface area contributed by atoms with Crippen molar-refractivity contribution < 1.29 is 22.7 Å². The summed E-state index contributed by atoms with van der Waals surface area (Å²) in [7, 11) is -3.80. The second-order valence-electron chi connectivity index (χ2n) is 9.18. The van der Waals surface area contributed by atoms with E-state index in [1.807, 2.05) is 24.0 Å². The summed E-state index contributed by atoms with van der Waals surface area (Å²) in [6.07, 6.45) is 3.65. The van der Waals surface area contributed by atoms with Gasteiger partial charge in [0.05, 0.1) is 28.9 Å². The molecule has 1 atom stereocenters. The van der Waals surface area contributed by atoms with Crippen molar-refractivity contribution in [2.24, 2.45) is 5.92 Å². The van der Waals surface area contributed by atoms with Gasteiger partial charge in [-0.15, -0.1) is 0 Å². The lowest BCUT2D eigenvalue weighted by molar-refractivity contribution is -0.129. The number of piperidine rings is 1. The van der Waals surface area contributed by atoms with E-state index in [0.29, 0.717) is 43.9 Å². The van der Waals surface area contributed by atoms with Crippen LogP contribution in [0, 0.1) is 5.92 Å². The summed E-state index contributed by atoms with van der Waals surface area (Å²) < 4.78 is 33.2. The Morgan fingerprint density at radius 1 is 1.06 bits per heavy atom. The van der Waals surface area contributed by atoms with Gasteiger partial charge >= 0.3 is 0 Å². The molecule has 0 unspecified atom stereocenters. The topological polar surface area (TPSA) is 96.0 Å². The van der Waals surface area contributed by atoms with Crippen LogP contribution < -0.4 is 10.1 Å². The number of hydrogen-bond acceptors (Lipinski definition) is 5. The number of amides is 2. The van der Waals surface area contributed by atoms with E-state index in [9.17, 15) is 18.0 Å². The van der Waals surface area contributed by atoms with Crippen LogP contribution in [-0.2, 0) is 26.0 Å². The third kappa shape index (κ3) is 6.19. The summed E-state index contributed by atoms with van der Waals surface area (Å²) in [4.78, 5) is 27.3. The number of likely N-dealkylation sites (tertiary alicyclic amines) is 1. The number of nitrogens with one attached hydrogen (secondary N) is 1. The van der Waals surface area contributed by atoms with E-state index in [1.165, 1.54) is 16.4 Å². The molecule has 4 rings (SSSR count). The SMILES string of the molecule is CCOc1ccc(S(=O)(=O)N2CCC[C@H](C(=O)Nc3ccc(CC(=O)N4CCCC4)cc3)C2)cc1Cl. The lowest BCUT2D eigenvalue weighted by Crippen LogP contribution is -2.43. The molecule has 0 aromatic heterocycles. The minimum atomic E-state index is -3.80. The van der Waals surface area contributed by atoms with E-state index in [2.05, 4.69) is 5.32 Å². The predicted molar refractivity (Wildman–Crippen MR) is 139 cm³/mol. The minimum absolute atomic E-state index is 0.0797. The molecule has 2 aromatic carbocycles. The second kappa shape index (κ2) is 11.6. The molecule has 36 heavy (non-hydrogen) atoms. The second-order valence-corrected chi connectivity index (χ2v) is 11.5. The molecule has 2 amide bonds. The van der Waals surface area contributed by atoms with Crippen LogP contribution in [0.15, 0.2) is 47.4 Å². The van der Waals surface area contributed by atoms with E-state index in [-0.39, 0.29) is 28.3 Å². The van der Waals surface area contributed by atoms with E-state index in [4.69, 9.17) is 16.3 Å². The van der Waals surface area contributed by atoms with Gasteiger partial charge in [0.1, 0.15) is 5.75 Å². The fraction of sp³-hybridized carbons (Fsp3) is 0.462. The number of carbonyl (C=O) groups is 2. The van der Waals surface area contributed by atoms with Crippen molar-refractivity contribution in [2.75, 3.05) is 38.1 Å². The first-order valence-corrected chi connectivity index (χ1v) is 14.2. The number of nitrogens with zero attached hydrogens (tertiary/aromatic N) is 2. The zero-order valence-corrected chi connectivity index (χ0v) is 22.0. The highest BCUT2D eigenvalue weighted by Crippen LogP contribution is 2.31. The Kier molecular flexibility index (Phi) is 8.54. The van der Waals surface area contributed by atoms with Gasteiger partial charge in [-0.3, -0.25) is 9.59 Å². The Labute approximate surface area is 217 Å². The third-order valence-corrected chi connectivity index (χ3v) is 8.79. The Bertz CT molecular complexity index is 1200. The molecule has 2 heterocycles. The highest BCUT2D eigenvalue weighted by Gasteiger charge is 2.33. The van der Waals surface area contributed by atoms with Crippen LogP contribution in [0.25, 0.3) is 0 Å². The maximum absolute atomic E-state index is 13.2. The molecular weight excluding hydrogens is 502 g/mol. The number of halogens is 1. The van der Waals surface area contributed by atoms with Gasteiger partial charge in [0.2, 0.25) is 21.8 Å². The van der Waals surface area contributed by atoms with E-state index < -0.39 is 15.9 Å². The molecule has 1 N–H and O–H groups in total. The van der Waals surface area contributed by atoms with Crippen LogP contribution in [0.4, 0.5) is 5.69 Å². The zero-order chi connectivity index (χ0) is 25.7. The van der Waals surface area contributed by atoms with Crippen molar-refractivity contribution in [3.63, 3.8) is 0 Å². The smallest absolute Gasteiger partial charge is 0.243 e. The number of anilines is 1. The Hall–Kier alpha value is -2.62. The van der Waals surface area contributed by atoms with Crippen molar-refractivity contribution >= 4 is 39.1 Å². The molecule has 0 bridgehead atoms. The number of carbonyl (C=O) groups excluding carboxylic acids is 2. The number of benzene rings is 2. The van der Waals surface area contributed by atoms with E-state index in [1.54, 1.807) is 18.2 Å². The van der Waals surface area contributed by atoms with Crippen LogP contribution in [0.3, 0.4) is 0 Å². The molecule has 0 radical (unpaired) electrons. The van der Waals surface area contributed by atoms with Crippen molar-refractivity contribution in [3.8, 4) is 5.75 Å².